The Bertz CT molecular complexity index is 430. The van der Waals surface area contributed by atoms with Gasteiger partial charge in [0.25, 0.3) is 0 Å². The lowest BCUT2D eigenvalue weighted by Gasteiger charge is -2.27. The first-order valence-electron chi connectivity index (χ1n) is 6.22. The molecule has 98 valence electrons. The van der Waals surface area contributed by atoms with E-state index in [1.807, 2.05) is 17.5 Å². The van der Waals surface area contributed by atoms with E-state index in [-0.39, 0.29) is 11.8 Å². The Morgan fingerprint density at radius 2 is 2.39 bits per heavy atom. The summed E-state index contributed by atoms with van der Waals surface area (Å²) >= 11 is 1.61. The summed E-state index contributed by atoms with van der Waals surface area (Å²) < 4.78 is 0. The van der Waals surface area contributed by atoms with Crippen LogP contribution >= 0.6 is 11.3 Å². The summed E-state index contributed by atoms with van der Waals surface area (Å²) in [6, 6.07) is 3.94. The second-order valence-electron chi connectivity index (χ2n) is 4.85. The number of hydrogen-bond donors (Lipinski definition) is 2. The van der Waals surface area contributed by atoms with Gasteiger partial charge in [-0.15, -0.1) is 11.3 Å². The third-order valence-corrected chi connectivity index (χ3v) is 4.13. The van der Waals surface area contributed by atoms with Gasteiger partial charge in [-0.3, -0.25) is 9.59 Å². The van der Waals surface area contributed by atoms with Gasteiger partial charge >= 0.3 is 0 Å². The lowest BCUT2D eigenvalue weighted by atomic mass is 9.95. The average Bonchev–Trinajstić information content (AvgIpc) is 2.78. The van der Waals surface area contributed by atoms with Crippen LogP contribution in [-0.4, -0.2) is 17.4 Å². The maximum Gasteiger partial charge on any atom is 0.245 e. The van der Waals surface area contributed by atoms with Crippen LogP contribution in [0.1, 0.15) is 37.5 Å². The molecular weight excluding hydrogens is 248 g/mol. The normalized spacial score (nSPS) is 24.2. The lowest BCUT2D eigenvalue weighted by Crippen LogP contribution is -2.55. The molecule has 1 fully saturated rings. The van der Waals surface area contributed by atoms with Gasteiger partial charge in [-0.1, -0.05) is 12.5 Å². The van der Waals surface area contributed by atoms with E-state index < -0.39 is 5.54 Å². The van der Waals surface area contributed by atoms with Crippen molar-refractivity contribution < 1.29 is 9.59 Å². The van der Waals surface area contributed by atoms with Gasteiger partial charge < -0.3 is 10.6 Å². The zero-order valence-electron chi connectivity index (χ0n) is 10.5. The van der Waals surface area contributed by atoms with Crippen molar-refractivity contribution in [3.63, 3.8) is 0 Å². The Morgan fingerprint density at radius 3 is 3.11 bits per heavy atom. The summed E-state index contributed by atoms with van der Waals surface area (Å²) in [5, 5.41) is 7.72. The van der Waals surface area contributed by atoms with E-state index in [4.69, 9.17) is 0 Å². The van der Waals surface area contributed by atoms with Crippen LogP contribution in [0, 0.1) is 0 Å². The highest BCUT2D eigenvalue weighted by Crippen LogP contribution is 2.19. The SMILES string of the molecule is CC1(C(=O)NCc2cccs2)CCCCC(=O)N1. The summed E-state index contributed by atoms with van der Waals surface area (Å²) in [5.74, 6) is -0.118. The van der Waals surface area contributed by atoms with Gasteiger partial charge in [0, 0.05) is 11.3 Å². The van der Waals surface area contributed by atoms with Gasteiger partial charge in [-0.05, 0) is 31.2 Å². The Kier molecular flexibility index (Phi) is 4.01. The van der Waals surface area contributed by atoms with Crippen LogP contribution in [0.5, 0.6) is 0 Å². The zero-order valence-corrected chi connectivity index (χ0v) is 11.3. The van der Waals surface area contributed by atoms with Crippen molar-refractivity contribution in [2.45, 2.75) is 44.7 Å². The van der Waals surface area contributed by atoms with Crippen molar-refractivity contribution in [1.29, 1.82) is 0 Å². The first-order chi connectivity index (χ1) is 8.60. The molecule has 0 aromatic carbocycles. The van der Waals surface area contributed by atoms with Crippen molar-refractivity contribution >= 4 is 23.2 Å². The Morgan fingerprint density at radius 1 is 1.56 bits per heavy atom. The van der Waals surface area contributed by atoms with Crippen molar-refractivity contribution in [2.75, 3.05) is 0 Å². The highest BCUT2D eigenvalue weighted by Gasteiger charge is 2.35. The molecule has 1 unspecified atom stereocenters. The van der Waals surface area contributed by atoms with Crippen molar-refractivity contribution in [2.24, 2.45) is 0 Å². The smallest absolute Gasteiger partial charge is 0.245 e. The molecule has 2 rings (SSSR count). The molecule has 1 aromatic rings. The van der Waals surface area contributed by atoms with Crippen LogP contribution in [-0.2, 0) is 16.1 Å². The molecule has 2 heterocycles. The molecule has 1 aliphatic rings. The van der Waals surface area contributed by atoms with Crippen LogP contribution in [0.25, 0.3) is 0 Å². The molecule has 18 heavy (non-hydrogen) atoms. The summed E-state index contributed by atoms with van der Waals surface area (Å²) in [6.45, 7) is 2.34. The third-order valence-electron chi connectivity index (χ3n) is 3.25. The van der Waals surface area contributed by atoms with Gasteiger partial charge in [0.1, 0.15) is 5.54 Å². The van der Waals surface area contributed by atoms with Gasteiger partial charge in [0.15, 0.2) is 0 Å². The number of hydrogen-bond acceptors (Lipinski definition) is 3. The van der Waals surface area contributed by atoms with Crippen molar-refractivity contribution in [3.8, 4) is 0 Å². The molecule has 0 bridgehead atoms. The largest absolute Gasteiger partial charge is 0.349 e. The van der Waals surface area contributed by atoms with Crippen molar-refractivity contribution in [3.05, 3.63) is 22.4 Å². The second kappa shape index (κ2) is 5.52. The summed E-state index contributed by atoms with van der Waals surface area (Å²) in [7, 11) is 0. The van der Waals surface area contributed by atoms with E-state index in [0.717, 1.165) is 17.7 Å². The lowest BCUT2D eigenvalue weighted by molar-refractivity contribution is -0.132. The van der Waals surface area contributed by atoms with Crippen LogP contribution < -0.4 is 10.6 Å². The van der Waals surface area contributed by atoms with E-state index in [0.29, 0.717) is 19.4 Å². The predicted octanol–water partition coefficient (Wildman–Crippen LogP) is 1.81. The standard InChI is InChI=1S/C13H18N2O2S/c1-13(7-3-2-6-11(16)15-13)12(17)14-9-10-5-4-8-18-10/h4-5,8H,2-3,6-7,9H2,1H3,(H,14,17)(H,15,16). The van der Waals surface area contributed by atoms with Gasteiger partial charge in [-0.25, -0.2) is 0 Å². The molecule has 0 aliphatic carbocycles. The topological polar surface area (TPSA) is 58.2 Å². The fraction of sp³-hybridized carbons (Fsp3) is 0.538. The molecule has 1 saturated heterocycles. The predicted molar refractivity (Wildman–Crippen MR) is 71.2 cm³/mol. The number of amides is 2. The van der Waals surface area contributed by atoms with Crippen LogP contribution in [0.3, 0.4) is 0 Å². The maximum atomic E-state index is 12.2. The molecule has 0 radical (unpaired) electrons. The molecule has 0 spiro atoms. The van der Waals surface area contributed by atoms with E-state index in [2.05, 4.69) is 10.6 Å². The third kappa shape index (κ3) is 3.10. The second-order valence-corrected chi connectivity index (χ2v) is 5.88. The van der Waals surface area contributed by atoms with E-state index in [9.17, 15) is 9.59 Å². The molecular formula is C13H18N2O2S. The molecule has 1 aromatic heterocycles. The summed E-state index contributed by atoms with van der Waals surface area (Å²) in [6.07, 6.45) is 2.99. The first-order valence-corrected chi connectivity index (χ1v) is 7.10. The number of rotatable bonds is 3. The maximum absolute atomic E-state index is 12.2. The van der Waals surface area contributed by atoms with E-state index in [1.165, 1.54) is 0 Å². The van der Waals surface area contributed by atoms with Gasteiger partial charge in [0.05, 0.1) is 6.54 Å². The van der Waals surface area contributed by atoms with E-state index >= 15 is 0 Å². The average molecular weight is 266 g/mol. The molecule has 2 amide bonds. The molecule has 1 atom stereocenters. The highest BCUT2D eigenvalue weighted by molar-refractivity contribution is 7.09. The van der Waals surface area contributed by atoms with Gasteiger partial charge in [-0.2, -0.15) is 0 Å². The summed E-state index contributed by atoms with van der Waals surface area (Å²) in [4.78, 5) is 24.9. The quantitative estimate of drug-likeness (QED) is 0.876. The summed E-state index contributed by atoms with van der Waals surface area (Å²) in [5.41, 5.74) is -0.759. The number of carbonyl (C=O) groups is 2. The number of nitrogens with one attached hydrogen (secondary N) is 2. The first kappa shape index (κ1) is 13.1. The molecule has 2 N–H and O–H groups in total. The zero-order chi connectivity index (χ0) is 13.0. The highest BCUT2D eigenvalue weighted by atomic mass is 32.1. The number of thiophene rings is 1. The Balaban J connectivity index is 1.95. The Labute approximate surface area is 111 Å². The van der Waals surface area contributed by atoms with Crippen molar-refractivity contribution in [1.82, 2.24) is 10.6 Å². The fourth-order valence-electron chi connectivity index (χ4n) is 2.14. The van der Waals surface area contributed by atoms with Crippen LogP contribution in [0.4, 0.5) is 0 Å². The fourth-order valence-corrected chi connectivity index (χ4v) is 2.79. The monoisotopic (exact) mass is 266 g/mol. The minimum atomic E-state index is -0.759. The molecule has 1 aliphatic heterocycles. The molecule has 5 heteroatoms. The molecule has 4 nitrogen and oxygen atoms in total. The minimum absolute atomic E-state index is 0.0266. The molecule has 0 saturated carbocycles. The van der Waals surface area contributed by atoms with Crippen LogP contribution in [0.15, 0.2) is 17.5 Å². The van der Waals surface area contributed by atoms with Gasteiger partial charge in [0.2, 0.25) is 11.8 Å². The van der Waals surface area contributed by atoms with Crippen LogP contribution in [0.2, 0.25) is 0 Å². The number of carbonyl (C=O) groups excluding carboxylic acids is 2. The van der Waals surface area contributed by atoms with E-state index in [1.54, 1.807) is 18.3 Å². The minimum Gasteiger partial charge on any atom is -0.349 e. The Hall–Kier alpha value is -1.36.